The highest BCUT2D eigenvalue weighted by molar-refractivity contribution is 5.97. The van der Waals surface area contributed by atoms with Gasteiger partial charge >= 0.3 is 5.69 Å². The number of ether oxygens (including phenoxy) is 1. The van der Waals surface area contributed by atoms with Crippen molar-refractivity contribution in [1.29, 1.82) is 5.41 Å². The summed E-state index contributed by atoms with van der Waals surface area (Å²) in [5, 5.41) is 25.7. The van der Waals surface area contributed by atoms with Crippen molar-refractivity contribution < 1.29 is 9.66 Å². The molecule has 2 aromatic rings. The Morgan fingerprint density at radius 3 is 2.85 bits per heavy atom. The largest absolute Gasteiger partial charge is 0.430 e. The van der Waals surface area contributed by atoms with Crippen molar-refractivity contribution in [2.75, 3.05) is 0 Å². The van der Waals surface area contributed by atoms with Gasteiger partial charge in [0.25, 0.3) is 0 Å². The Labute approximate surface area is 113 Å². The van der Waals surface area contributed by atoms with Crippen LogP contribution in [0.1, 0.15) is 11.1 Å². The average molecular weight is 273 g/mol. The quantitative estimate of drug-likeness (QED) is 0.378. The molecule has 20 heavy (non-hydrogen) atoms. The van der Waals surface area contributed by atoms with Crippen molar-refractivity contribution in [2.45, 2.75) is 6.92 Å². The first-order valence-electron chi connectivity index (χ1n) is 5.58. The van der Waals surface area contributed by atoms with Crippen molar-refractivity contribution in [3.8, 4) is 11.6 Å². The molecule has 3 N–H and O–H groups in total. The van der Waals surface area contributed by atoms with Crippen LogP contribution in [0.5, 0.6) is 11.6 Å². The summed E-state index contributed by atoms with van der Waals surface area (Å²) in [4.78, 5) is 10.4. The molecule has 0 saturated carbocycles. The number of hydrogen-bond donors (Lipinski definition) is 2. The molecule has 0 aliphatic carbocycles. The van der Waals surface area contributed by atoms with Crippen LogP contribution in [0, 0.1) is 22.4 Å². The summed E-state index contributed by atoms with van der Waals surface area (Å²) < 4.78 is 5.41. The summed E-state index contributed by atoms with van der Waals surface area (Å²) in [6.07, 6.45) is 1.36. The van der Waals surface area contributed by atoms with E-state index in [9.17, 15) is 10.1 Å². The smallest absolute Gasteiger partial charge is 0.311 e. The van der Waals surface area contributed by atoms with E-state index in [4.69, 9.17) is 15.9 Å². The molecule has 8 heteroatoms. The van der Waals surface area contributed by atoms with Gasteiger partial charge in [-0.15, -0.1) is 5.10 Å². The number of nitrogens with zero attached hydrogens (tertiary/aromatic N) is 3. The van der Waals surface area contributed by atoms with Crippen LogP contribution in [0.15, 0.2) is 30.5 Å². The number of nitro groups is 1. The number of nitrogens with two attached hydrogens (primary N) is 1. The van der Waals surface area contributed by atoms with Crippen LogP contribution in [0.2, 0.25) is 0 Å². The molecule has 102 valence electrons. The van der Waals surface area contributed by atoms with Crippen LogP contribution in [-0.4, -0.2) is 21.0 Å². The molecule has 1 aromatic carbocycles. The first-order chi connectivity index (χ1) is 9.49. The van der Waals surface area contributed by atoms with Crippen molar-refractivity contribution in [3.05, 3.63) is 51.7 Å². The van der Waals surface area contributed by atoms with E-state index in [1.165, 1.54) is 24.4 Å². The maximum Gasteiger partial charge on any atom is 0.311 e. The summed E-state index contributed by atoms with van der Waals surface area (Å²) in [5.74, 6) is -0.281. The molecule has 0 atom stereocenters. The molecule has 0 saturated heterocycles. The van der Waals surface area contributed by atoms with E-state index >= 15 is 0 Å². The molecule has 1 heterocycles. The minimum atomic E-state index is -0.557. The van der Waals surface area contributed by atoms with Gasteiger partial charge < -0.3 is 10.5 Å². The van der Waals surface area contributed by atoms with Gasteiger partial charge in [-0.2, -0.15) is 5.10 Å². The highest BCUT2D eigenvalue weighted by Crippen LogP contribution is 2.32. The van der Waals surface area contributed by atoms with Gasteiger partial charge in [0.1, 0.15) is 5.84 Å². The normalized spacial score (nSPS) is 10.1. The fourth-order valence-corrected chi connectivity index (χ4v) is 1.56. The topological polar surface area (TPSA) is 128 Å². The fourth-order valence-electron chi connectivity index (χ4n) is 1.56. The van der Waals surface area contributed by atoms with Gasteiger partial charge in [0.05, 0.1) is 16.7 Å². The number of nitrogens with one attached hydrogen (secondary N) is 1. The summed E-state index contributed by atoms with van der Waals surface area (Å²) in [6.45, 7) is 1.78. The van der Waals surface area contributed by atoms with E-state index in [0.717, 1.165) is 5.56 Å². The Hall–Kier alpha value is -3.03. The second-order valence-electron chi connectivity index (χ2n) is 3.99. The van der Waals surface area contributed by atoms with Gasteiger partial charge in [0.2, 0.25) is 11.6 Å². The first-order valence-corrected chi connectivity index (χ1v) is 5.58. The Morgan fingerprint density at radius 2 is 2.20 bits per heavy atom. The lowest BCUT2D eigenvalue weighted by Crippen LogP contribution is -2.13. The molecule has 1 aromatic heterocycles. The molecular weight excluding hydrogens is 262 g/mol. The molecule has 0 aliphatic heterocycles. The van der Waals surface area contributed by atoms with Gasteiger partial charge in [0.15, 0.2) is 0 Å². The molecule has 2 rings (SSSR count). The van der Waals surface area contributed by atoms with E-state index < -0.39 is 4.92 Å². The third-order valence-corrected chi connectivity index (χ3v) is 2.50. The third kappa shape index (κ3) is 2.69. The van der Waals surface area contributed by atoms with Gasteiger partial charge in [0, 0.05) is 6.07 Å². The average Bonchev–Trinajstić information content (AvgIpc) is 2.38. The van der Waals surface area contributed by atoms with Crippen molar-refractivity contribution in [2.24, 2.45) is 5.73 Å². The first kappa shape index (κ1) is 13.4. The van der Waals surface area contributed by atoms with Crippen molar-refractivity contribution in [3.63, 3.8) is 0 Å². The van der Waals surface area contributed by atoms with E-state index in [1.807, 2.05) is 0 Å². The second kappa shape index (κ2) is 5.31. The predicted octanol–water partition coefficient (Wildman–Crippen LogP) is 1.77. The number of amidine groups is 1. The summed E-state index contributed by atoms with van der Waals surface area (Å²) in [5.41, 5.74) is 6.21. The molecule has 0 spiro atoms. The van der Waals surface area contributed by atoms with Crippen LogP contribution in [0.3, 0.4) is 0 Å². The molecule has 8 nitrogen and oxygen atoms in total. The lowest BCUT2D eigenvalue weighted by molar-refractivity contribution is -0.385. The maximum absolute atomic E-state index is 11.0. The molecule has 0 amide bonds. The van der Waals surface area contributed by atoms with Crippen molar-refractivity contribution >= 4 is 11.5 Å². The van der Waals surface area contributed by atoms with Crippen LogP contribution >= 0.6 is 0 Å². The molecular formula is C12H11N5O3. The van der Waals surface area contributed by atoms with E-state index in [-0.39, 0.29) is 28.7 Å². The SMILES string of the molecule is Cc1ccc([N+](=O)[O-])c(Oc2nnccc2C(=N)N)c1. The van der Waals surface area contributed by atoms with Gasteiger partial charge in [-0.3, -0.25) is 15.5 Å². The number of nitrogen functional groups attached to an aromatic ring is 1. The molecule has 0 aliphatic rings. The standard InChI is InChI=1S/C12H11N5O3/c1-7-2-3-9(17(18)19)10(6-7)20-12-8(11(13)14)4-5-15-16-12/h2-6H,1H3,(H3,13,14). The monoisotopic (exact) mass is 273 g/mol. The summed E-state index contributed by atoms with van der Waals surface area (Å²) >= 11 is 0. The number of aryl methyl sites for hydroxylation is 1. The molecule has 0 unspecified atom stereocenters. The van der Waals surface area contributed by atoms with E-state index in [0.29, 0.717) is 0 Å². The van der Waals surface area contributed by atoms with Gasteiger partial charge in [-0.1, -0.05) is 6.07 Å². The number of benzene rings is 1. The highest BCUT2D eigenvalue weighted by atomic mass is 16.6. The lowest BCUT2D eigenvalue weighted by atomic mass is 10.2. The molecule has 0 bridgehead atoms. The van der Waals surface area contributed by atoms with Crippen LogP contribution in [-0.2, 0) is 0 Å². The van der Waals surface area contributed by atoms with Gasteiger partial charge in [-0.05, 0) is 24.6 Å². The van der Waals surface area contributed by atoms with Crippen LogP contribution < -0.4 is 10.5 Å². The number of nitro benzene ring substituents is 1. The Balaban J connectivity index is 2.47. The zero-order chi connectivity index (χ0) is 14.7. The summed E-state index contributed by atoms with van der Waals surface area (Å²) in [6, 6.07) is 5.91. The minimum absolute atomic E-state index is 0.0259. The maximum atomic E-state index is 11.0. The Bertz CT molecular complexity index is 687. The van der Waals surface area contributed by atoms with Crippen LogP contribution in [0.4, 0.5) is 5.69 Å². The number of aromatic nitrogens is 2. The second-order valence-corrected chi connectivity index (χ2v) is 3.99. The Morgan fingerprint density at radius 1 is 1.45 bits per heavy atom. The highest BCUT2D eigenvalue weighted by Gasteiger charge is 2.18. The predicted molar refractivity (Wildman–Crippen MR) is 71.0 cm³/mol. The fraction of sp³-hybridized carbons (Fsp3) is 0.0833. The van der Waals surface area contributed by atoms with E-state index in [1.54, 1.807) is 13.0 Å². The molecule has 0 radical (unpaired) electrons. The van der Waals surface area contributed by atoms with E-state index in [2.05, 4.69) is 10.2 Å². The molecule has 0 fully saturated rings. The van der Waals surface area contributed by atoms with Crippen LogP contribution in [0.25, 0.3) is 0 Å². The Kier molecular flexibility index (Phi) is 3.56. The van der Waals surface area contributed by atoms with Crippen molar-refractivity contribution in [1.82, 2.24) is 10.2 Å². The number of hydrogen-bond acceptors (Lipinski definition) is 6. The zero-order valence-electron chi connectivity index (χ0n) is 10.5. The number of rotatable bonds is 4. The third-order valence-electron chi connectivity index (χ3n) is 2.50. The zero-order valence-corrected chi connectivity index (χ0v) is 10.5. The lowest BCUT2D eigenvalue weighted by Gasteiger charge is -2.08. The summed E-state index contributed by atoms with van der Waals surface area (Å²) in [7, 11) is 0. The van der Waals surface area contributed by atoms with Gasteiger partial charge in [-0.25, -0.2) is 0 Å². The minimum Gasteiger partial charge on any atom is -0.430 e.